The molecule has 4 unspecified atom stereocenters. The van der Waals surface area contributed by atoms with E-state index < -0.39 is 0 Å². The van der Waals surface area contributed by atoms with Gasteiger partial charge in [0.25, 0.3) is 0 Å². The zero-order chi connectivity index (χ0) is 12.8. The summed E-state index contributed by atoms with van der Waals surface area (Å²) in [5.41, 5.74) is 0. The molecular formula is C15H31NO. The number of likely N-dealkylation sites (N-methyl/N-ethyl adjacent to an activating group) is 1. The summed E-state index contributed by atoms with van der Waals surface area (Å²) in [6.07, 6.45) is 7.26. The van der Waals surface area contributed by atoms with Crippen LogP contribution in [0.5, 0.6) is 0 Å². The zero-order valence-electron chi connectivity index (χ0n) is 12.3. The van der Waals surface area contributed by atoms with Gasteiger partial charge in [0.15, 0.2) is 0 Å². The smallest absolute Gasteiger partial charge is 0.0749 e. The molecular weight excluding hydrogens is 210 g/mol. The fraction of sp³-hybridized carbons (Fsp3) is 1.00. The van der Waals surface area contributed by atoms with E-state index in [2.05, 4.69) is 33.1 Å². The van der Waals surface area contributed by atoms with E-state index >= 15 is 0 Å². The van der Waals surface area contributed by atoms with Crippen LogP contribution in [-0.2, 0) is 4.74 Å². The summed E-state index contributed by atoms with van der Waals surface area (Å²) in [5.74, 6) is 2.26. The highest BCUT2D eigenvalue weighted by Gasteiger charge is 2.35. The maximum absolute atomic E-state index is 5.75. The lowest BCUT2D eigenvalue weighted by molar-refractivity contribution is -0.00191. The first-order chi connectivity index (χ1) is 8.15. The normalized spacial score (nSPS) is 29.3. The summed E-state index contributed by atoms with van der Waals surface area (Å²) in [5, 5.41) is 3.54. The van der Waals surface area contributed by atoms with Crippen LogP contribution in [0, 0.1) is 17.8 Å². The first-order valence-corrected chi connectivity index (χ1v) is 7.35. The van der Waals surface area contributed by atoms with E-state index in [-0.39, 0.29) is 0 Å². The molecule has 0 aromatic heterocycles. The average Bonchev–Trinajstić information content (AvgIpc) is 2.35. The Morgan fingerprint density at radius 3 is 2.35 bits per heavy atom. The van der Waals surface area contributed by atoms with Crippen molar-refractivity contribution in [3.63, 3.8) is 0 Å². The fourth-order valence-corrected chi connectivity index (χ4v) is 3.67. The molecule has 102 valence electrons. The Morgan fingerprint density at radius 2 is 1.88 bits per heavy atom. The van der Waals surface area contributed by atoms with Gasteiger partial charge in [0.1, 0.15) is 0 Å². The van der Waals surface area contributed by atoms with E-state index in [1.807, 2.05) is 7.11 Å². The lowest BCUT2D eigenvalue weighted by Gasteiger charge is -2.41. The van der Waals surface area contributed by atoms with Crippen LogP contribution in [0.15, 0.2) is 0 Å². The van der Waals surface area contributed by atoms with E-state index in [1.54, 1.807) is 0 Å². The van der Waals surface area contributed by atoms with Gasteiger partial charge in [-0.25, -0.2) is 0 Å². The second kappa shape index (κ2) is 7.38. The summed E-state index contributed by atoms with van der Waals surface area (Å²) >= 11 is 0. The zero-order valence-corrected chi connectivity index (χ0v) is 12.3. The summed E-state index contributed by atoms with van der Waals surface area (Å²) in [7, 11) is 3.96. The van der Waals surface area contributed by atoms with Crippen molar-refractivity contribution in [1.29, 1.82) is 0 Å². The Morgan fingerprint density at radius 1 is 1.24 bits per heavy atom. The van der Waals surface area contributed by atoms with Crippen LogP contribution < -0.4 is 5.32 Å². The van der Waals surface area contributed by atoms with Crippen molar-refractivity contribution in [2.45, 2.75) is 65.0 Å². The van der Waals surface area contributed by atoms with Crippen molar-refractivity contribution in [2.24, 2.45) is 17.8 Å². The number of hydrogen-bond acceptors (Lipinski definition) is 2. The molecule has 0 heterocycles. The molecule has 1 aliphatic carbocycles. The van der Waals surface area contributed by atoms with Gasteiger partial charge < -0.3 is 10.1 Å². The molecule has 4 atom stereocenters. The number of methoxy groups -OCH3 is 1. The molecule has 0 spiro atoms. The van der Waals surface area contributed by atoms with Crippen molar-refractivity contribution in [2.75, 3.05) is 14.2 Å². The molecule has 1 aliphatic rings. The Hall–Kier alpha value is -0.0800. The second-order valence-electron chi connectivity index (χ2n) is 5.88. The van der Waals surface area contributed by atoms with Crippen molar-refractivity contribution in [3.8, 4) is 0 Å². The third kappa shape index (κ3) is 3.69. The maximum Gasteiger partial charge on any atom is 0.0749 e. The van der Waals surface area contributed by atoms with Gasteiger partial charge in [-0.1, -0.05) is 46.5 Å². The van der Waals surface area contributed by atoms with Crippen LogP contribution in [0.1, 0.15) is 52.9 Å². The molecule has 1 fully saturated rings. The minimum atomic E-state index is 0.345. The summed E-state index contributed by atoms with van der Waals surface area (Å²) in [6.45, 7) is 6.87. The molecule has 1 saturated carbocycles. The number of nitrogens with one attached hydrogen (secondary N) is 1. The first kappa shape index (κ1) is 15.0. The lowest BCUT2D eigenvalue weighted by atomic mass is 9.71. The SMILES string of the molecule is CCC1CCCCC1C(NC)C(OC)C(C)C. The number of rotatable bonds is 6. The summed E-state index contributed by atoms with van der Waals surface area (Å²) < 4.78 is 5.75. The molecule has 0 amide bonds. The number of ether oxygens (including phenoxy) is 1. The van der Waals surface area contributed by atoms with Crippen LogP contribution in [0.2, 0.25) is 0 Å². The monoisotopic (exact) mass is 241 g/mol. The Kier molecular flexibility index (Phi) is 6.50. The van der Waals surface area contributed by atoms with Crippen LogP contribution in [0.4, 0.5) is 0 Å². The highest BCUT2D eigenvalue weighted by Crippen LogP contribution is 2.36. The predicted molar refractivity (Wildman–Crippen MR) is 74.2 cm³/mol. The predicted octanol–water partition coefficient (Wildman–Crippen LogP) is 3.46. The standard InChI is InChI=1S/C15H31NO/c1-6-12-9-7-8-10-13(12)14(16-4)15(17-5)11(2)3/h11-16H,6-10H2,1-5H3. The quantitative estimate of drug-likeness (QED) is 0.769. The van der Waals surface area contributed by atoms with Gasteiger partial charge in [-0.2, -0.15) is 0 Å². The molecule has 0 aromatic rings. The molecule has 1 rings (SSSR count). The molecule has 1 N–H and O–H groups in total. The Bertz CT molecular complexity index is 205. The maximum atomic E-state index is 5.75. The average molecular weight is 241 g/mol. The van der Waals surface area contributed by atoms with Crippen molar-refractivity contribution < 1.29 is 4.74 Å². The van der Waals surface area contributed by atoms with Gasteiger partial charge in [-0.05, 0) is 31.2 Å². The van der Waals surface area contributed by atoms with Crippen LogP contribution in [-0.4, -0.2) is 26.3 Å². The molecule has 0 aromatic carbocycles. The van der Waals surface area contributed by atoms with E-state index in [9.17, 15) is 0 Å². The molecule has 0 aliphatic heterocycles. The van der Waals surface area contributed by atoms with Gasteiger partial charge in [0.2, 0.25) is 0 Å². The summed E-state index contributed by atoms with van der Waals surface area (Å²) in [4.78, 5) is 0. The van der Waals surface area contributed by atoms with Crippen molar-refractivity contribution >= 4 is 0 Å². The van der Waals surface area contributed by atoms with Gasteiger partial charge in [0.05, 0.1) is 6.10 Å². The van der Waals surface area contributed by atoms with Crippen LogP contribution >= 0.6 is 0 Å². The van der Waals surface area contributed by atoms with Gasteiger partial charge in [-0.3, -0.25) is 0 Å². The third-order valence-electron chi connectivity index (χ3n) is 4.57. The van der Waals surface area contributed by atoms with Crippen LogP contribution in [0.25, 0.3) is 0 Å². The first-order valence-electron chi connectivity index (χ1n) is 7.35. The van der Waals surface area contributed by atoms with E-state index in [0.29, 0.717) is 18.1 Å². The van der Waals surface area contributed by atoms with E-state index in [4.69, 9.17) is 4.74 Å². The van der Waals surface area contributed by atoms with Gasteiger partial charge in [-0.15, -0.1) is 0 Å². The van der Waals surface area contributed by atoms with Crippen molar-refractivity contribution in [1.82, 2.24) is 5.32 Å². The van der Waals surface area contributed by atoms with E-state index in [1.165, 1.54) is 32.1 Å². The largest absolute Gasteiger partial charge is 0.380 e. The van der Waals surface area contributed by atoms with E-state index in [0.717, 1.165) is 11.8 Å². The topological polar surface area (TPSA) is 21.3 Å². The van der Waals surface area contributed by atoms with Crippen LogP contribution in [0.3, 0.4) is 0 Å². The third-order valence-corrected chi connectivity index (χ3v) is 4.57. The minimum absolute atomic E-state index is 0.345. The Balaban J connectivity index is 2.75. The van der Waals surface area contributed by atoms with Gasteiger partial charge in [0, 0.05) is 13.2 Å². The highest BCUT2D eigenvalue weighted by atomic mass is 16.5. The van der Waals surface area contributed by atoms with Gasteiger partial charge >= 0.3 is 0 Å². The fourth-order valence-electron chi connectivity index (χ4n) is 3.67. The molecule has 0 radical (unpaired) electrons. The Labute approximate surface area is 108 Å². The minimum Gasteiger partial charge on any atom is -0.380 e. The molecule has 17 heavy (non-hydrogen) atoms. The lowest BCUT2D eigenvalue weighted by Crippen LogP contribution is -2.50. The molecule has 0 saturated heterocycles. The molecule has 2 nitrogen and oxygen atoms in total. The highest BCUT2D eigenvalue weighted by molar-refractivity contribution is 4.90. The number of hydrogen-bond donors (Lipinski definition) is 1. The summed E-state index contributed by atoms with van der Waals surface area (Å²) in [6, 6.07) is 0.519. The second-order valence-corrected chi connectivity index (χ2v) is 5.88. The molecule has 0 bridgehead atoms. The molecule has 2 heteroatoms. The van der Waals surface area contributed by atoms with Crippen molar-refractivity contribution in [3.05, 3.63) is 0 Å².